The molecule has 1 aliphatic rings. The lowest BCUT2D eigenvalue weighted by atomic mass is 9.77. The average Bonchev–Trinajstić information content (AvgIpc) is 2.97. The number of carbonyl (C=O) groups is 1. The highest BCUT2D eigenvalue weighted by molar-refractivity contribution is 6.16. The van der Waals surface area contributed by atoms with Crippen molar-refractivity contribution in [3.8, 4) is 0 Å². The van der Waals surface area contributed by atoms with Gasteiger partial charge in [0.25, 0.3) is 5.91 Å². The second-order valence-corrected chi connectivity index (χ2v) is 8.73. The van der Waals surface area contributed by atoms with E-state index < -0.39 is 5.54 Å². The number of benzene rings is 5. The van der Waals surface area contributed by atoms with Crippen molar-refractivity contribution in [2.45, 2.75) is 5.54 Å². The molecular formula is C32H24N4O. The summed E-state index contributed by atoms with van der Waals surface area (Å²) in [4.78, 5) is 14.4. The molecular weight excluding hydrogens is 456 g/mol. The molecule has 0 spiro atoms. The standard InChI is InChI=1S/C32H24N4O/c37-31-32(25-15-5-1-6-16-25,26-17-7-2-8-18-26)36(35(31)28-21-11-4-12-22-28)30-24-14-13-23-29(30)34-33-27-19-9-3-10-20-27/h1-24H. The Bertz CT molecular complexity index is 1500. The van der Waals surface area contributed by atoms with Crippen LogP contribution in [-0.2, 0) is 10.3 Å². The molecule has 0 radical (unpaired) electrons. The molecule has 37 heavy (non-hydrogen) atoms. The quantitative estimate of drug-likeness (QED) is 0.233. The third-order valence-electron chi connectivity index (χ3n) is 6.54. The molecule has 1 heterocycles. The van der Waals surface area contributed by atoms with E-state index >= 15 is 0 Å². The van der Waals surface area contributed by atoms with E-state index in [9.17, 15) is 4.79 Å². The lowest BCUT2D eigenvalue weighted by Crippen LogP contribution is -2.77. The van der Waals surface area contributed by atoms with Gasteiger partial charge in [0.1, 0.15) is 5.69 Å². The minimum absolute atomic E-state index is 0.0362. The zero-order valence-corrected chi connectivity index (χ0v) is 20.1. The highest BCUT2D eigenvalue weighted by Gasteiger charge is 2.62. The predicted octanol–water partition coefficient (Wildman–Crippen LogP) is 7.81. The van der Waals surface area contributed by atoms with Crippen molar-refractivity contribution < 1.29 is 4.79 Å². The topological polar surface area (TPSA) is 48.3 Å². The van der Waals surface area contributed by atoms with E-state index in [-0.39, 0.29) is 5.91 Å². The van der Waals surface area contributed by atoms with Gasteiger partial charge in [-0.05, 0) is 47.5 Å². The first-order chi connectivity index (χ1) is 18.3. The largest absolute Gasteiger partial charge is 0.283 e. The summed E-state index contributed by atoms with van der Waals surface area (Å²) in [6, 6.07) is 47.0. The monoisotopic (exact) mass is 480 g/mol. The lowest BCUT2D eigenvalue weighted by molar-refractivity contribution is -0.128. The number of hydrogen-bond donors (Lipinski definition) is 0. The number of anilines is 2. The maximum absolute atomic E-state index is 14.4. The van der Waals surface area contributed by atoms with Crippen LogP contribution < -0.4 is 10.0 Å². The van der Waals surface area contributed by atoms with E-state index in [0.29, 0.717) is 5.69 Å². The molecule has 5 aromatic carbocycles. The minimum Gasteiger partial charge on any atom is -0.269 e. The molecule has 0 N–H and O–H groups in total. The van der Waals surface area contributed by atoms with Crippen molar-refractivity contribution in [2.75, 3.05) is 10.0 Å². The lowest BCUT2D eigenvalue weighted by Gasteiger charge is -2.59. The minimum atomic E-state index is -1.07. The van der Waals surface area contributed by atoms with E-state index in [4.69, 9.17) is 0 Å². The van der Waals surface area contributed by atoms with Crippen LogP contribution in [0.25, 0.3) is 0 Å². The van der Waals surface area contributed by atoms with Gasteiger partial charge in [-0.3, -0.25) is 9.80 Å². The normalized spacial score (nSPS) is 14.5. The SMILES string of the molecule is O=C1N(c2ccccc2)N(c2ccccc2N=Nc2ccccc2)C1(c1ccccc1)c1ccccc1. The first-order valence-electron chi connectivity index (χ1n) is 12.2. The second kappa shape index (κ2) is 9.55. The molecule has 0 aromatic heterocycles. The fourth-order valence-corrected chi connectivity index (χ4v) is 4.88. The number of rotatable bonds is 6. The van der Waals surface area contributed by atoms with Crippen molar-refractivity contribution in [2.24, 2.45) is 10.2 Å². The Balaban J connectivity index is 1.59. The molecule has 0 aliphatic carbocycles. The van der Waals surface area contributed by atoms with Gasteiger partial charge in [0.15, 0.2) is 5.54 Å². The van der Waals surface area contributed by atoms with Crippen LogP contribution in [0, 0.1) is 0 Å². The van der Waals surface area contributed by atoms with Gasteiger partial charge in [0.2, 0.25) is 0 Å². The van der Waals surface area contributed by atoms with E-state index in [1.807, 2.05) is 146 Å². The number of azo groups is 1. The smallest absolute Gasteiger partial charge is 0.269 e. The number of para-hydroxylation sites is 2. The van der Waals surface area contributed by atoms with Crippen LogP contribution in [0.4, 0.5) is 22.7 Å². The van der Waals surface area contributed by atoms with Gasteiger partial charge in [-0.1, -0.05) is 109 Å². The molecule has 5 nitrogen and oxygen atoms in total. The number of amides is 1. The van der Waals surface area contributed by atoms with Crippen LogP contribution in [0.5, 0.6) is 0 Å². The fraction of sp³-hybridized carbons (Fsp3) is 0.0312. The summed E-state index contributed by atoms with van der Waals surface area (Å²) >= 11 is 0. The summed E-state index contributed by atoms with van der Waals surface area (Å²) in [5.74, 6) is -0.0362. The molecule has 0 atom stereocenters. The Morgan fingerprint density at radius 1 is 0.514 bits per heavy atom. The van der Waals surface area contributed by atoms with Crippen molar-refractivity contribution in [1.29, 1.82) is 0 Å². The highest BCUT2D eigenvalue weighted by atomic mass is 16.2. The molecule has 0 saturated carbocycles. The molecule has 5 aromatic rings. The second-order valence-electron chi connectivity index (χ2n) is 8.73. The third kappa shape index (κ3) is 3.78. The number of nitrogens with zero attached hydrogens (tertiary/aromatic N) is 4. The third-order valence-corrected chi connectivity index (χ3v) is 6.54. The summed E-state index contributed by atoms with van der Waals surface area (Å²) in [6.45, 7) is 0. The summed E-state index contributed by atoms with van der Waals surface area (Å²) < 4.78 is 0. The molecule has 1 fully saturated rings. The van der Waals surface area contributed by atoms with Gasteiger partial charge < -0.3 is 0 Å². The molecule has 178 valence electrons. The van der Waals surface area contributed by atoms with Crippen LogP contribution >= 0.6 is 0 Å². The molecule has 0 unspecified atom stereocenters. The highest BCUT2D eigenvalue weighted by Crippen LogP contribution is 2.52. The van der Waals surface area contributed by atoms with E-state index in [1.165, 1.54) is 0 Å². The van der Waals surface area contributed by atoms with E-state index in [1.54, 1.807) is 5.01 Å². The average molecular weight is 481 g/mol. The first-order valence-corrected chi connectivity index (χ1v) is 12.2. The van der Waals surface area contributed by atoms with E-state index in [2.05, 4.69) is 15.2 Å². The van der Waals surface area contributed by atoms with Crippen LogP contribution in [0.3, 0.4) is 0 Å². The summed E-state index contributed by atoms with van der Waals surface area (Å²) in [5.41, 5.74) is 3.67. The first kappa shape index (κ1) is 22.4. The van der Waals surface area contributed by atoms with Gasteiger partial charge in [-0.15, -0.1) is 5.11 Å². The van der Waals surface area contributed by atoms with E-state index in [0.717, 1.165) is 28.2 Å². The van der Waals surface area contributed by atoms with Crippen LogP contribution in [-0.4, -0.2) is 5.91 Å². The molecule has 1 amide bonds. The summed E-state index contributed by atoms with van der Waals surface area (Å²) in [5, 5.41) is 12.9. The maximum Gasteiger partial charge on any atom is 0.283 e. The van der Waals surface area contributed by atoms with Crippen LogP contribution in [0.2, 0.25) is 0 Å². The van der Waals surface area contributed by atoms with Gasteiger partial charge in [0.05, 0.1) is 17.1 Å². The van der Waals surface area contributed by atoms with Crippen LogP contribution in [0.15, 0.2) is 156 Å². The predicted molar refractivity (Wildman–Crippen MR) is 147 cm³/mol. The Kier molecular flexibility index (Phi) is 5.79. The Hall–Kier alpha value is -5.03. The Morgan fingerprint density at radius 3 is 1.59 bits per heavy atom. The fourth-order valence-electron chi connectivity index (χ4n) is 4.88. The summed E-state index contributed by atoms with van der Waals surface area (Å²) in [6.07, 6.45) is 0. The van der Waals surface area contributed by atoms with Gasteiger partial charge >= 0.3 is 0 Å². The Morgan fingerprint density at radius 2 is 1.00 bits per heavy atom. The molecule has 1 saturated heterocycles. The van der Waals surface area contributed by atoms with Gasteiger partial charge in [-0.25, -0.2) is 5.01 Å². The zero-order valence-electron chi connectivity index (χ0n) is 20.1. The van der Waals surface area contributed by atoms with Crippen molar-refractivity contribution in [3.63, 3.8) is 0 Å². The number of hydrogen-bond acceptors (Lipinski definition) is 4. The maximum atomic E-state index is 14.4. The van der Waals surface area contributed by atoms with Gasteiger partial charge in [-0.2, -0.15) is 5.11 Å². The van der Waals surface area contributed by atoms with Crippen molar-refractivity contribution in [3.05, 3.63) is 157 Å². The van der Waals surface area contributed by atoms with Gasteiger partial charge in [0, 0.05) is 0 Å². The number of carbonyl (C=O) groups excluding carboxylic acids is 1. The summed E-state index contributed by atoms with van der Waals surface area (Å²) in [7, 11) is 0. The van der Waals surface area contributed by atoms with Crippen molar-refractivity contribution >= 4 is 28.7 Å². The Labute approximate surface area is 215 Å². The van der Waals surface area contributed by atoms with Crippen molar-refractivity contribution in [1.82, 2.24) is 0 Å². The molecule has 6 rings (SSSR count). The zero-order chi connectivity index (χ0) is 25.1. The van der Waals surface area contributed by atoms with Crippen LogP contribution in [0.1, 0.15) is 11.1 Å². The molecule has 1 aliphatic heterocycles. The molecule has 5 heteroatoms. The number of hydrazine groups is 1. The molecule has 0 bridgehead atoms.